The summed E-state index contributed by atoms with van der Waals surface area (Å²) < 4.78 is 0. The van der Waals surface area contributed by atoms with Crippen molar-refractivity contribution in [3.8, 4) is 0 Å². The van der Waals surface area contributed by atoms with Gasteiger partial charge in [-0.05, 0) is 60.4 Å². The fourth-order valence-corrected chi connectivity index (χ4v) is 6.50. The number of rotatable bonds is 12. The molecule has 2 aromatic carbocycles. The average molecular weight is 577 g/mol. The van der Waals surface area contributed by atoms with E-state index >= 15 is 0 Å². The molecule has 3 amide bonds. The van der Waals surface area contributed by atoms with Gasteiger partial charge in [-0.3, -0.25) is 19.3 Å². The van der Waals surface area contributed by atoms with Crippen LogP contribution < -0.4 is 10.6 Å². The summed E-state index contributed by atoms with van der Waals surface area (Å²) in [7, 11) is 0. The molecule has 2 heterocycles. The monoisotopic (exact) mass is 576 g/mol. The lowest BCUT2D eigenvalue weighted by Gasteiger charge is -2.52. The number of hydrogen-bond acceptors (Lipinski definition) is 5. The Morgan fingerprint density at radius 2 is 1.55 bits per heavy atom. The number of likely N-dealkylation sites (tertiary alicyclic amines) is 1. The molecule has 2 aliphatic rings. The minimum absolute atomic E-state index is 0.0230. The van der Waals surface area contributed by atoms with Gasteiger partial charge in [0, 0.05) is 38.8 Å². The van der Waals surface area contributed by atoms with E-state index in [1.807, 2.05) is 43.0 Å². The van der Waals surface area contributed by atoms with Gasteiger partial charge in [-0.15, -0.1) is 0 Å². The number of carbonyl (C=O) groups is 3. The number of nitrogens with one attached hydrogen (secondary N) is 2. The third kappa shape index (κ3) is 7.21. The third-order valence-corrected chi connectivity index (χ3v) is 9.16. The molecule has 8 heteroatoms. The second-order valence-corrected chi connectivity index (χ2v) is 12.0. The van der Waals surface area contributed by atoms with E-state index in [0.717, 1.165) is 57.4 Å². The highest BCUT2D eigenvalue weighted by Crippen LogP contribution is 2.35. The topological polar surface area (TPSA) is 102 Å². The van der Waals surface area contributed by atoms with Crippen LogP contribution in [0.25, 0.3) is 0 Å². The Bertz CT molecular complexity index is 1200. The van der Waals surface area contributed by atoms with Crippen LogP contribution in [0.5, 0.6) is 0 Å². The molecule has 1 spiro atoms. The van der Waals surface area contributed by atoms with Crippen LogP contribution in [0.4, 0.5) is 5.69 Å². The van der Waals surface area contributed by atoms with E-state index in [4.69, 9.17) is 0 Å². The van der Waals surface area contributed by atoms with Gasteiger partial charge in [-0.25, -0.2) is 0 Å². The number of nitrogens with zero attached hydrogens (tertiary/aromatic N) is 2. The molecule has 4 rings (SSSR count). The zero-order valence-electron chi connectivity index (χ0n) is 25.7. The van der Waals surface area contributed by atoms with Crippen LogP contribution in [0.2, 0.25) is 0 Å². The Balaban J connectivity index is 1.37. The smallest absolute Gasteiger partial charge is 0.248 e. The van der Waals surface area contributed by atoms with Crippen LogP contribution in [0.3, 0.4) is 0 Å². The largest absolute Gasteiger partial charge is 0.390 e. The molecule has 0 unspecified atom stereocenters. The Labute approximate surface area is 250 Å². The van der Waals surface area contributed by atoms with Gasteiger partial charge < -0.3 is 20.6 Å². The number of aliphatic hydroxyl groups is 1. The summed E-state index contributed by atoms with van der Waals surface area (Å²) in [6.45, 7) is 10.4. The van der Waals surface area contributed by atoms with Gasteiger partial charge >= 0.3 is 0 Å². The molecule has 0 saturated carbocycles. The first-order chi connectivity index (χ1) is 20.2. The molecule has 3 N–H and O–H groups in total. The summed E-state index contributed by atoms with van der Waals surface area (Å²) in [5.74, 6) is -0.337. The SMILES string of the molecule is CCCCN1C(=O)[C@@H]([C@H](O)C(CC)CC)NC(=O)C12CCN(Cc1ccc(Cc3ccc(NC(C)=O)cc3)cc1)CC2. The molecule has 2 aromatic rings. The number of anilines is 1. The minimum Gasteiger partial charge on any atom is -0.390 e. The standard InChI is InChI=1S/C34H48N4O4/c1-5-8-19-38-32(41)30(31(40)28(6-2)7-3)36-33(42)34(38)17-20-37(21-18-34)23-27-11-9-25(10-12-27)22-26-13-15-29(16-14-26)35-24(4)39/h9-16,28,30-31,40H,5-8,17-23H2,1-4H3,(H,35,39)(H,36,42)/t30-,31-/m1/s1. The first-order valence-corrected chi connectivity index (χ1v) is 15.7. The molecule has 42 heavy (non-hydrogen) atoms. The van der Waals surface area contributed by atoms with E-state index in [-0.39, 0.29) is 23.6 Å². The molecular formula is C34H48N4O4. The maximum absolute atomic E-state index is 13.7. The summed E-state index contributed by atoms with van der Waals surface area (Å²) >= 11 is 0. The molecule has 228 valence electrons. The lowest BCUT2D eigenvalue weighted by Crippen LogP contribution is -2.75. The van der Waals surface area contributed by atoms with Gasteiger partial charge in [0.05, 0.1) is 6.10 Å². The van der Waals surface area contributed by atoms with Crippen molar-refractivity contribution in [2.75, 3.05) is 25.0 Å². The minimum atomic E-state index is -0.871. The van der Waals surface area contributed by atoms with Crippen molar-refractivity contribution in [2.45, 2.75) is 96.9 Å². The maximum Gasteiger partial charge on any atom is 0.248 e. The van der Waals surface area contributed by atoms with Crippen molar-refractivity contribution in [1.29, 1.82) is 0 Å². The summed E-state index contributed by atoms with van der Waals surface area (Å²) in [6.07, 6.45) is 4.43. The number of aliphatic hydroxyl groups excluding tert-OH is 1. The fraction of sp³-hybridized carbons (Fsp3) is 0.559. The first-order valence-electron chi connectivity index (χ1n) is 15.7. The van der Waals surface area contributed by atoms with Crippen molar-refractivity contribution in [3.05, 3.63) is 65.2 Å². The molecule has 2 fully saturated rings. The lowest BCUT2D eigenvalue weighted by atomic mass is 9.79. The second-order valence-electron chi connectivity index (χ2n) is 12.0. The van der Waals surface area contributed by atoms with Gasteiger partial charge in [0.15, 0.2) is 0 Å². The van der Waals surface area contributed by atoms with Crippen LogP contribution in [-0.2, 0) is 27.3 Å². The summed E-state index contributed by atoms with van der Waals surface area (Å²) in [5, 5.41) is 16.8. The summed E-state index contributed by atoms with van der Waals surface area (Å²) in [4.78, 5) is 42.8. The summed E-state index contributed by atoms with van der Waals surface area (Å²) in [6, 6.07) is 15.7. The second kappa shape index (κ2) is 14.3. The fourth-order valence-electron chi connectivity index (χ4n) is 6.50. The number of unbranched alkanes of at least 4 members (excludes halogenated alkanes) is 1. The maximum atomic E-state index is 13.7. The van der Waals surface area contributed by atoms with E-state index in [0.29, 0.717) is 19.4 Å². The molecule has 0 aromatic heterocycles. The lowest BCUT2D eigenvalue weighted by molar-refractivity contribution is -0.165. The number of hydrogen-bond donors (Lipinski definition) is 3. The van der Waals surface area contributed by atoms with Crippen molar-refractivity contribution in [1.82, 2.24) is 15.1 Å². The van der Waals surface area contributed by atoms with Gasteiger partial charge in [-0.2, -0.15) is 0 Å². The number of amides is 3. The highest BCUT2D eigenvalue weighted by atomic mass is 16.3. The Morgan fingerprint density at radius 3 is 2.10 bits per heavy atom. The molecule has 0 aliphatic carbocycles. The predicted molar refractivity (Wildman–Crippen MR) is 166 cm³/mol. The van der Waals surface area contributed by atoms with Crippen LogP contribution in [-0.4, -0.2) is 69.9 Å². The van der Waals surface area contributed by atoms with Crippen molar-refractivity contribution >= 4 is 23.4 Å². The Hall–Kier alpha value is -3.23. The number of carbonyl (C=O) groups excluding carboxylic acids is 3. The van der Waals surface area contributed by atoms with Crippen molar-refractivity contribution in [2.24, 2.45) is 5.92 Å². The van der Waals surface area contributed by atoms with Crippen LogP contribution in [0, 0.1) is 5.92 Å². The summed E-state index contributed by atoms with van der Waals surface area (Å²) in [5.41, 5.74) is 3.58. The van der Waals surface area contributed by atoms with Gasteiger partial charge in [0.2, 0.25) is 17.7 Å². The van der Waals surface area contributed by atoms with Crippen molar-refractivity contribution < 1.29 is 19.5 Å². The quantitative estimate of drug-likeness (QED) is 0.346. The van der Waals surface area contributed by atoms with Gasteiger partial charge in [-0.1, -0.05) is 76.4 Å². The number of benzene rings is 2. The molecule has 2 atom stereocenters. The van der Waals surface area contributed by atoms with Crippen LogP contribution >= 0.6 is 0 Å². The van der Waals surface area contributed by atoms with Crippen LogP contribution in [0.1, 0.15) is 82.9 Å². The van der Waals surface area contributed by atoms with E-state index in [1.54, 1.807) is 0 Å². The normalized spacial score (nSPS) is 19.7. The molecular weight excluding hydrogens is 528 g/mol. The molecule has 0 radical (unpaired) electrons. The highest BCUT2D eigenvalue weighted by molar-refractivity contribution is 6.00. The van der Waals surface area contributed by atoms with Crippen molar-refractivity contribution in [3.63, 3.8) is 0 Å². The Morgan fingerprint density at radius 1 is 0.976 bits per heavy atom. The number of piperidine rings is 1. The van der Waals surface area contributed by atoms with Gasteiger partial charge in [0.1, 0.15) is 11.6 Å². The molecule has 8 nitrogen and oxygen atoms in total. The zero-order valence-corrected chi connectivity index (χ0v) is 25.7. The van der Waals surface area contributed by atoms with E-state index < -0.39 is 17.7 Å². The zero-order chi connectivity index (χ0) is 30.3. The third-order valence-electron chi connectivity index (χ3n) is 9.16. The molecule has 0 bridgehead atoms. The van der Waals surface area contributed by atoms with Gasteiger partial charge in [0.25, 0.3) is 0 Å². The predicted octanol–water partition coefficient (Wildman–Crippen LogP) is 4.49. The first kappa shape index (κ1) is 31.7. The van der Waals surface area contributed by atoms with E-state index in [2.05, 4.69) is 46.7 Å². The van der Waals surface area contributed by atoms with E-state index in [9.17, 15) is 19.5 Å². The Kier molecular flexibility index (Phi) is 10.8. The number of piperazine rings is 1. The average Bonchev–Trinajstić information content (AvgIpc) is 2.98. The molecule has 2 saturated heterocycles. The molecule has 2 aliphatic heterocycles. The van der Waals surface area contributed by atoms with Crippen LogP contribution in [0.15, 0.2) is 48.5 Å². The highest BCUT2D eigenvalue weighted by Gasteiger charge is 2.55. The van der Waals surface area contributed by atoms with E-state index in [1.165, 1.54) is 23.6 Å².